The molecule has 1 aromatic rings. The Morgan fingerprint density at radius 2 is 1.86 bits per heavy atom. The van der Waals surface area contributed by atoms with Gasteiger partial charge in [-0.15, -0.1) is 0 Å². The first-order valence-corrected chi connectivity index (χ1v) is 7.70. The summed E-state index contributed by atoms with van der Waals surface area (Å²) in [6.07, 6.45) is 6.75. The highest BCUT2D eigenvalue weighted by molar-refractivity contribution is 5.90. The molecule has 0 heterocycles. The van der Waals surface area contributed by atoms with Crippen molar-refractivity contribution in [1.29, 1.82) is 0 Å². The number of nitrogens with one attached hydrogen (secondary N) is 1. The number of aryl methyl sites for hydroxylation is 1. The summed E-state index contributed by atoms with van der Waals surface area (Å²) in [6.45, 7) is 3.02. The summed E-state index contributed by atoms with van der Waals surface area (Å²) in [5.41, 5.74) is 2.15. The van der Waals surface area contributed by atoms with Gasteiger partial charge in [-0.25, -0.2) is 0 Å². The van der Waals surface area contributed by atoms with Crippen LogP contribution in [0.2, 0.25) is 0 Å². The minimum atomic E-state index is 0.0720. The van der Waals surface area contributed by atoms with E-state index in [1.807, 2.05) is 19.1 Å². The van der Waals surface area contributed by atoms with E-state index in [2.05, 4.69) is 22.2 Å². The topological polar surface area (TPSA) is 55.4 Å². The maximum absolute atomic E-state index is 11.5. The summed E-state index contributed by atoms with van der Waals surface area (Å²) in [5, 5.41) is 2.88. The van der Waals surface area contributed by atoms with E-state index < -0.39 is 0 Å². The number of ether oxygens (including phenoxy) is 1. The van der Waals surface area contributed by atoms with Gasteiger partial charge >= 0.3 is 0 Å². The second-order valence-electron chi connectivity index (χ2n) is 5.13. The first-order valence-electron chi connectivity index (χ1n) is 7.70. The van der Waals surface area contributed by atoms with Gasteiger partial charge in [0.05, 0.1) is 6.61 Å². The molecule has 0 aliphatic heterocycles. The molecule has 0 saturated heterocycles. The molecule has 116 valence electrons. The van der Waals surface area contributed by atoms with Crippen LogP contribution in [0.5, 0.6) is 0 Å². The highest BCUT2D eigenvalue weighted by atomic mass is 16.5. The summed E-state index contributed by atoms with van der Waals surface area (Å²) < 4.78 is 4.65. The van der Waals surface area contributed by atoms with Gasteiger partial charge in [-0.3, -0.25) is 9.59 Å². The van der Waals surface area contributed by atoms with E-state index in [9.17, 15) is 9.59 Å². The van der Waals surface area contributed by atoms with Crippen molar-refractivity contribution in [3.8, 4) is 0 Å². The largest absolute Gasteiger partial charge is 0.468 e. The number of benzene rings is 1. The van der Waals surface area contributed by atoms with Crippen LogP contribution >= 0.6 is 0 Å². The molecule has 0 radical (unpaired) electrons. The van der Waals surface area contributed by atoms with Crippen molar-refractivity contribution >= 4 is 18.1 Å². The van der Waals surface area contributed by atoms with Crippen LogP contribution in [0.1, 0.15) is 51.0 Å². The van der Waals surface area contributed by atoms with Gasteiger partial charge in [0.1, 0.15) is 0 Å². The van der Waals surface area contributed by atoms with E-state index in [1.165, 1.54) is 5.56 Å². The Hall–Kier alpha value is -1.84. The predicted octanol–water partition coefficient (Wildman–Crippen LogP) is 3.70. The molecule has 1 amide bonds. The van der Waals surface area contributed by atoms with Gasteiger partial charge < -0.3 is 10.1 Å². The van der Waals surface area contributed by atoms with Crippen LogP contribution in [0.3, 0.4) is 0 Å². The van der Waals surface area contributed by atoms with Crippen molar-refractivity contribution in [1.82, 2.24) is 0 Å². The van der Waals surface area contributed by atoms with Crippen LogP contribution in [0.15, 0.2) is 24.3 Å². The van der Waals surface area contributed by atoms with Crippen molar-refractivity contribution in [3.63, 3.8) is 0 Å². The van der Waals surface area contributed by atoms with Gasteiger partial charge in [-0.1, -0.05) is 31.9 Å². The SMILES string of the molecule is CCCC(=O)Nc1ccc(CCCCCCOC=O)cc1. The smallest absolute Gasteiger partial charge is 0.293 e. The van der Waals surface area contributed by atoms with Crippen LogP contribution in [-0.4, -0.2) is 19.0 Å². The van der Waals surface area contributed by atoms with E-state index in [0.717, 1.165) is 44.2 Å². The highest BCUT2D eigenvalue weighted by Gasteiger charge is 2.00. The Kier molecular flexibility index (Phi) is 8.93. The Labute approximate surface area is 126 Å². The Balaban J connectivity index is 2.19. The van der Waals surface area contributed by atoms with Gasteiger partial charge in [0, 0.05) is 12.1 Å². The molecular formula is C17H25NO3. The number of carbonyl (C=O) groups excluding carboxylic acids is 2. The third-order valence-corrected chi connectivity index (χ3v) is 3.26. The number of amides is 1. The standard InChI is InChI=1S/C17H25NO3/c1-2-7-17(20)18-16-11-9-15(10-12-16)8-5-3-4-6-13-21-14-19/h9-12,14H,2-8,13H2,1H3,(H,18,20). The molecule has 1 rings (SSSR count). The fourth-order valence-electron chi connectivity index (χ4n) is 2.12. The molecule has 21 heavy (non-hydrogen) atoms. The lowest BCUT2D eigenvalue weighted by atomic mass is 10.1. The van der Waals surface area contributed by atoms with Crippen LogP contribution < -0.4 is 5.32 Å². The number of carbonyl (C=O) groups is 2. The summed E-state index contributed by atoms with van der Waals surface area (Å²) in [7, 11) is 0. The second-order valence-corrected chi connectivity index (χ2v) is 5.13. The van der Waals surface area contributed by atoms with Crippen LogP contribution in [0, 0.1) is 0 Å². The molecule has 0 saturated carbocycles. The lowest BCUT2D eigenvalue weighted by molar-refractivity contribution is -0.128. The third kappa shape index (κ3) is 8.12. The number of anilines is 1. The Bertz CT molecular complexity index is 415. The van der Waals surface area contributed by atoms with E-state index in [0.29, 0.717) is 19.5 Å². The highest BCUT2D eigenvalue weighted by Crippen LogP contribution is 2.13. The van der Waals surface area contributed by atoms with Gasteiger partial charge in [-0.2, -0.15) is 0 Å². The maximum atomic E-state index is 11.5. The summed E-state index contributed by atoms with van der Waals surface area (Å²) >= 11 is 0. The average Bonchev–Trinajstić information content (AvgIpc) is 2.48. The minimum absolute atomic E-state index is 0.0720. The fourth-order valence-corrected chi connectivity index (χ4v) is 2.12. The first kappa shape index (κ1) is 17.2. The molecule has 0 aliphatic carbocycles. The number of hydrogen-bond acceptors (Lipinski definition) is 3. The molecule has 0 unspecified atom stereocenters. The monoisotopic (exact) mass is 291 g/mol. The van der Waals surface area contributed by atoms with Crippen LogP contribution in [0.4, 0.5) is 5.69 Å². The molecule has 4 nitrogen and oxygen atoms in total. The number of unbranched alkanes of at least 4 members (excludes halogenated alkanes) is 3. The minimum Gasteiger partial charge on any atom is -0.468 e. The van der Waals surface area contributed by atoms with Crippen molar-refractivity contribution in [3.05, 3.63) is 29.8 Å². The second kappa shape index (κ2) is 10.9. The molecule has 1 aromatic carbocycles. The van der Waals surface area contributed by atoms with E-state index in [4.69, 9.17) is 0 Å². The summed E-state index contributed by atoms with van der Waals surface area (Å²) in [6, 6.07) is 8.05. The lowest BCUT2D eigenvalue weighted by Gasteiger charge is -2.06. The Morgan fingerprint density at radius 3 is 2.52 bits per heavy atom. The van der Waals surface area contributed by atoms with Gasteiger partial charge in [-0.05, 0) is 43.4 Å². The van der Waals surface area contributed by atoms with Gasteiger partial charge in [0.2, 0.25) is 5.91 Å². The van der Waals surface area contributed by atoms with Gasteiger partial charge in [0.25, 0.3) is 6.47 Å². The molecule has 0 fully saturated rings. The molecule has 0 aliphatic rings. The Morgan fingerprint density at radius 1 is 1.14 bits per heavy atom. The molecule has 0 atom stereocenters. The fraction of sp³-hybridized carbons (Fsp3) is 0.529. The quantitative estimate of drug-likeness (QED) is 0.499. The zero-order valence-corrected chi connectivity index (χ0v) is 12.8. The van der Waals surface area contributed by atoms with E-state index in [-0.39, 0.29) is 5.91 Å². The molecule has 0 aromatic heterocycles. The van der Waals surface area contributed by atoms with Crippen LogP contribution in [-0.2, 0) is 20.7 Å². The normalized spacial score (nSPS) is 10.1. The van der Waals surface area contributed by atoms with E-state index >= 15 is 0 Å². The zero-order valence-electron chi connectivity index (χ0n) is 12.8. The maximum Gasteiger partial charge on any atom is 0.293 e. The molecular weight excluding hydrogens is 266 g/mol. The number of rotatable bonds is 11. The van der Waals surface area contributed by atoms with Crippen molar-refractivity contribution in [2.75, 3.05) is 11.9 Å². The van der Waals surface area contributed by atoms with E-state index in [1.54, 1.807) is 0 Å². The molecule has 1 N–H and O–H groups in total. The summed E-state index contributed by atoms with van der Waals surface area (Å²) in [5.74, 6) is 0.0720. The van der Waals surface area contributed by atoms with Crippen molar-refractivity contribution < 1.29 is 14.3 Å². The lowest BCUT2D eigenvalue weighted by Crippen LogP contribution is -2.10. The summed E-state index contributed by atoms with van der Waals surface area (Å²) in [4.78, 5) is 21.4. The zero-order chi connectivity index (χ0) is 15.3. The third-order valence-electron chi connectivity index (χ3n) is 3.26. The molecule has 4 heteroatoms. The first-order chi connectivity index (χ1) is 10.3. The average molecular weight is 291 g/mol. The van der Waals surface area contributed by atoms with Crippen molar-refractivity contribution in [2.45, 2.75) is 51.9 Å². The van der Waals surface area contributed by atoms with Gasteiger partial charge in [0.15, 0.2) is 0 Å². The van der Waals surface area contributed by atoms with Crippen LogP contribution in [0.25, 0.3) is 0 Å². The predicted molar refractivity (Wildman–Crippen MR) is 84.2 cm³/mol. The number of hydrogen-bond donors (Lipinski definition) is 1. The molecule has 0 bridgehead atoms. The van der Waals surface area contributed by atoms with Crippen molar-refractivity contribution in [2.24, 2.45) is 0 Å². The molecule has 0 spiro atoms.